The van der Waals surface area contributed by atoms with Gasteiger partial charge in [0.05, 0.1) is 43.9 Å². The van der Waals surface area contributed by atoms with E-state index < -0.39 is 87.3 Å². The molecule has 0 aliphatic rings. The molecule has 2 aromatic carbocycles. The average Bonchev–Trinajstić information content (AvgIpc) is 2.99. The Morgan fingerprint density at radius 2 is 1.29 bits per heavy atom. The molecule has 0 bridgehead atoms. The molecule has 0 N–H and O–H groups in total. The zero-order valence-corrected chi connectivity index (χ0v) is 17.1. The Hall–Kier alpha value is -4.69. The molecule has 0 aliphatic heterocycles. The Bertz CT molecular complexity index is 1320. The van der Waals surface area contributed by atoms with Crippen molar-refractivity contribution in [3.05, 3.63) is 80.5 Å². The number of nitrogens with zero attached hydrogens (tertiary/aromatic N) is 4. The summed E-state index contributed by atoms with van der Waals surface area (Å²) in [5.74, 6) is -18.3. The van der Waals surface area contributed by atoms with E-state index in [9.17, 15) is 39.9 Å². The highest BCUT2D eigenvalue weighted by Gasteiger charge is 2.34. The van der Waals surface area contributed by atoms with Crippen LogP contribution in [0.15, 0.2) is 0 Å². The van der Waals surface area contributed by atoms with Crippen molar-refractivity contribution in [1.29, 1.82) is 10.5 Å². The van der Waals surface area contributed by atoms with Gasteiger partial charge in [-0.1, -0.05) is 0 Å². The van der Waals surface area contributed by atoms with Gasteiger partial charge in [-0.25, -0.2) is 44.8 Å². The van der Waals surface area contributed by atoms with Crippen molar-refractivity contribution in [2.75, 3.05) is 6.61 Å². The molecule has 0 fully saturated rings. The third-order valence-corrected chi connectivity index (χ3v) is 4.02. The summed E-state index contributed by atoms with van der Waals surface area (Å²) in [4.78, 5) is 16.0. The Morgan fingerprint density at radius 1 is 0.886 bits per heavy atom. The fourth-order valence-electron chi connectivity index (χ4n) is 2.45. The molecule has 0 heterocycles. The van der Waals surface area contributed by atoms with Crippen LogP contribution in [0.1, 0.15) is 34.3 Å². The van der Waals surface area contributed by atoms with E-state index in [1.54, 1.807) is 0 Å². The number of esters is 1. The molecule has 1 atom stereocenters. The maximum atomic E-state index is 13.6. The molecule has 6 nitrogen and oxygen atoms in total. The number of ether oxygens (including phenoxy) is 1. The highest BCUT2D eigenvalue weighted by atomic mass is 19.2. The van der Waals surface area contributed by atoms with Crippen molar-refractivity contribution in [1.82, 2.24) is 0 Å². The van der Waals surface area contributed by atoms with E-state index in [-0.39, 0.29) is 8.03 Å². The van der Waals surface area contributed by atoms with E-state index >= 15 is 0 Å². The number of hydrogen-bond acceptors (Lipinski definition) is 4. The fraction of sp³-hybridized carbons (Fsp3) is 0.190. The molecule has 0 spiro atoms. The Morgan fingerprint density at radius 3 is 1.60 bits per heavy atom. The Labute approximate surface area is 202 Å². The standard InChI is InChI=1S/C12H6F4N2O2.C9H2F4N2.4H2/c1-3-20-12(19)5(4-17)6-7(13)9(15)11(18-2)10(16)8(6)14;1-15-9-7(12)5(10)4(2-3-14)6(11)8(9)13;;;;/h5H,3H2,1H3;2H2;4*1H/i;;3*1+1D;1+1. The normalized spacial score (nSPS) is 11.2. The van der Waals surface area contributed by atoms with E-state index in [1.165, 1.54) is 19.1 Å². The van der Waals surface area contributed by atoms with Gasteiger partial charge in [0.2, 0.25) is 0 Å². The highest BCUT2D eigenvalue weighted by Crippen LogP contribution is 2.34. The highest BCUT2D eigenvalue weighted by molar-refractivity contribution is 5.81. The largest absolute Gasteiger partial charge is 0.465 e. The summed E-state index contributed by atoms with van der Waals surface area (Å²) < 4.78 is 140. The van der Waals surface area contributed by atoms with Gasteiger partial charge in [-0.05, 0) is 6.92 Å². The molecule has 35 heavy (non-hydrogen) atoms. The predicted octanol–water partition coefficient (Wildman–Crippen LogP) is 6.81. The van der Waals surface area contributed by atoms with Crippen LogP contribution in [0.5, 0.6) is 0 Å². The number of carbonyl (C=O) groups is 1. The summed E-state index contributed by atoms with van der Waals surface area (Å²) in [5.41, 5.74) is -5.23. The quantitative estimate of drug-likeness (QED) is 0.194. The number of nitriles is 2. The topological polar surface area (TPSA) is 82.6 Å². The van der Waals surface area contributed by atoms with Gasteiger partial charge in [0.15, 0.2) is 52.5 Å². The minimum absolute atomic E-state index is 0. The molecule has 2 aromatic rings. The first-order valence-electron chi connectivity index (χ1n) is 11.8. The number of rotatable bonds is 4. The zero-order chi connectivity index (χ0) is 33.0. The first-order chi connectivity index (χ1) is 19.4. The summed E-state index contributed by atoms with van der Waals surface area (Å²) in [6.07, 6.45) is -0.802. The van der Waals surface area contributed by atoms with Crippen molar-refractivity contribution >= 4 is 17.3 Å². The van der Waals surface area contributed by atoms with Gasteiger partial charge in [-0.15, -0.1) is 0 Å². The van der Waals surface area contributed by atoms with Crippen LogP contribution in [0.25, 0.3) is 9.69 Å². The lowest BCUT2D eigenvalue weighted by molar-refractivity contribution is -0.143. The van der Waals surface area contributed by atoms with Crippen molar-refractivity contribution in [2.24, 2.45) is 0 Å². The van der Waals surface area contributed by atoms with Gasteiger partial charge < -0.3 is 4.74 Å². The first-order valence-corrected chi connectivity index (χ1v) is 8.83. The average molecular weight is 515 g/mol. The number of hydrogen-bond donors (Lipinski definition) is 0. The van der Waals surface area contributed by atoms with Gasteiger partial charge in [0.1, 0.15) is 0 Å². The third kappa shape index (κ3) is 5.45. The van der Waals surface area contributed by atoms with E-state index in [0.717, 1.165) is 0 Å². The lowest BCUT2D eigenvalue weighted by atomic mass is 9.98. The van der Waals surface area contributed by atoms with Crippen molar-refractivity contribution < 1.29 is 55.0 Å². The van der Waals surface area contributed by atoms with Crippen LogP contribution in [-0.4, -0.2) is 12.6 Å². The molecule has 188 valence electrons. The Balaban J connectivity index is -0.000000293. The SMILES string of the molecule is [2HH].[2H][2H].[2H][2H].[2H][2H].[C-]#[N+]c1c(F)c(F)c(C(C#N)C(=O)OCC)c(F)c1F.[C-]#[N+]c1c(F)c(F)c(CC#N)c(F)c1F. The summed E-state index contributed by atoms with van der Waals surface area (Å²) in [6.45, 7) is 14.0. The predicted molar refractivity (Wildman–Crippen MR) is 108 cm³/mol. The molecular formula is C21H16F8N4O2. The first kappa shape index (κ1) is 23.5. The molecule has 0 saturated carbocycles. The summed E-state index contributed by atoms with van der Waals surface area (Å²) >= 11 is 0. The van der Waals surface area contributed by atoms with E-state index in [1.807, 2.05) is 0 Å². The van der Waals surface area contributed by atoms with Gasteiger partial charge in [0, 0.05) is 15.9 Å². The summed E-state index contributed by atoms with van der Waals surface area (Å²) in [6, 6.07) is 2.58. The van der Waals surface area contributed by atoms with Gasteiger partial charge >= 0.3 is 5.97 Å². The van der Waals surface area contributed by atoms with Crippen LogP contribution in [0, 0.1) is 82.3 Å². The molecule has 0 aliphatic carbocycles. The van der Waals surface area contributed by atoms with Crippen LogP contribution in [-0.2, 0) is 16.0 Å². The molecule has 0 amide bonds. The molecule has 1 unspecified atom stereocenters. The fourth-order valence-corrected chi connectivity index (χ4v) is 2.45. The maximum absolute atomic E-state index is 13.6. The smallest absolute Gasteiger partial charge is 0.328 e. The van der Waals surface area contributed by atoms with Crippen molar-refractivity contribution in [3.63, 3.8) is 0 Å². The molecule has 14 heteroatoms. The van der Waals surface area contributed by atoms with Crippen molar-refractivity contribution in [2.45, 2.75) is 19.3 Å². The van der Waals surface area contributed by atoms with Gasteiger partial charge in [-0.2, -0.15) is 10.5 Å². The second kappa shape index (κ2) is 12.0. The lowest BCUT2D eigenvalue weighted by Crippen LogP contribution is -2.18. The van der Waals surface area contributed by atoms with Crippen molar-refractivity contribution in [3.8, 4) is 12.1 Å². The van der Waals surface area contributed by atoms with Crippen LogP contribution < -0.4 is 0 Å². The molecule has 2 rings (SSSR count). The Kier molecular flexibility index (Phi) is 8.02. The molecule has 0 aromatic heterocycles. The van der Waals surface area contributed by atoms with Gasteiger partial charge in [-0.3, -0.25) is 4.79 Å². The number of halogens is 8. The van der Waals surface area contributed by atoms with E-state index in [4.69, 9.17) is 32.6 Å². The van der Waals surface area contributed by atoms with Crippen LogP contribution in [0.3, 0.4) is 0 Å². The molecule has 0 saturated heterocycles. The monoisotopic (exact) mass is 515 g/mol. The van der Waals surface area contributed by atoms with Crippen LogP contribution in [0.2, 0.25) is 0 Å². The summed E-state index contributed by atoms with van der Waals surface area (Å²) in [7, 11) is 0. The third-order valence-electron chi connectivity index (χ3n) is 4.02. The molecular weight excluding hydrogens is 492 g/mol. The molecule has 0 radical (unpaired) electrons. The minimum Gasteiger partial charge on any atom is -0.465 e. The van der Waals surface area contributed by atoms with E-state index in [2.05, 4.69) is 14.4 Å². The van der Waals surface area contributed by atoms with Crippen LogP contribution >= 0.6 is 0 Å². The summed E-state index contributed by atoms with van der Waals surface area (Å²) in [5, 5.41) is 16.9. The number of carbonyl (C=O) groups excluding carboxylic acids is 1. The minimum atomic E-state index is -2.17. The second-order valence-electron chi connectivity index (χ2n) is 5.97. The maximum Gasteiger partial charge on any atom is 0.328 e. The zero-order valence-electron chi connectivity index (χ0n) is 23.1. The van der Waals surface area contributed by atoms with Gasteiger partial charge in [0.25, 0.3) is 11.4 Å². The van der Waals surface area contributed by atoms with E-state index in [0.29, 0.717) is 0 Å². The van der Waals surface area contributed by atoms with Crippen LogP contribution in [0.4, 0.5) is 46.5 Å². The second-order valence-corrected chi connectivity index (χ2v) is 5.97. The number of benzene rings is 2. The lowest BCUT2D eigenvalue weighted by Gasteiger charge is -2.12.